The number of carbonyl (C=O) groups is 2. The Kier molecular flexibility index (Phi) is 29.3. The number of nitrogens with two attached hydrogens (primary N) is 1. The minimum Gasteiger partial charge on any atom is -0.462 e. The van der Waals surface area contributed by atoms with Crippen LogP contribution in [0.5, 0.6) is 0 Å². The third kappa shape index (κ3) is 29.1. The summed E-state index contributed by atoms with van der Waals surface area (Å²) in [6.45, 7) is 3.68. The number of rotatable bonds is 32. The highest BCUT2D eigenvalue weighted by Crippen LogP contribution is 2.43. The molecule has 0 amide bonds. The summed E-state index contributed by atoms with van der Waals surface area (Å²) in [6, 6.07) is 0. The zero-order valence-corrected chi connectivity index (χ0v) is 27.9. The van der Waals surface area contributed by atoms with Crippen molar-refractivity contribution in [1.29, 1.82) is 0 Å². The average Bonchev–Trinajstić information content (AvgIpc) is 2.97. The van der Waals surface area contributed by atoms with Gasteiger partial charge in [-0.25, -0.2) is 4.57 Å². The van der Waals surface area contributed by atoms with Gasteiger partial charge in [-0.05, 0) is 12.8 Å². The molecule has 1 unspecified atom stereocenters. The molecule has 0 rings (SSSR count). The van der Waals surface area contributed by atoms with Crippen molar-refractivity contribution in [3.8, 4) is 0 Å². The number of carbonyl (C=O) groups excluding carboxylic acids is 2. The van der Waals surface area contributed by atoms with Crippen molar-refractivity contribution >= 4 is 19.8 Å². The Morgan fingerprint density at radius 3 is 1.45 bits per heavy atom. The third-order valence-corrected chi connectivity index (χ3v) is 8.23. The first-order chi connectivity index (χ1) is 20.3. The molecule has 0 aliphatic heterocycles. The van der Waals surface area contributed by atoms with Crippen molar-refractivity contribution in [2.45, 2.75) is 168 Å². The van der Waals surface area contributed by atoms with Gasteiger partial charge in [-0.15, -0.1) is 0 Å². The Morgan fingerprint density at radius 2 is 1.02 bits per heavy atom. The summed E-state index contributed by atoms with van der Waals surface area (Å²) in [5, 5.41) is 0. The molecule has 9 nitrogen and oxygen atoms in total. The summed E-state index contributed by atoms with van der Waals surface area (Å²) in [5.74, 6) is -0.827. The smallest absolute Gasteiger partial charge is 0.462 e. The number of unbranched alkanes of at least 4 members (excludes halogenated alkanes) is 19. The van der Waals surface area contributed by atoms with Gasteiger partial charge in [0.1, 0.15) is 6.61 Å². The van der Waals surface area contributed by atoms with E-state index in [-0.39, 0.29) is 38.6 Å². The number of phosphoric acid groups is 1. The van der Waals surface area contributed by atoms with E-state index in [1.165, 1.54) is 89.9 Å². The fourth-order valence-electron chi connectivity index (χ4n) is 4.69. The molecule has 0 bridgehead atoms. The highest BCUT2D eigenvalue weighted by molar-refractivity contribution is 7.47. The topological polar surface area (TPSA) is 134 Å². The van der Waals surface area contributed by atoms with Crippen LogP contribution in [0.4, 0.5) is 0 Å². The summed E-state index contributed by atoms with van der Waals surface area (Å²) in [7, 11) is -4.35. The molecular weight excluding hydrogens is 557 g/mol. The van der Waals surface area contributed by atoms with Gasteiger partial charge >= 0.3 is 19.8 Å². The molecule has 0 aromatic rings. The summed E-state index contributed by atoms with van der Waals surface area (Å²) >= 11 is 0. The molecule has 0 aliphatic carbocycles. The molecule has 0 radical (unpaired) electrons. The number of hydrogen-bond acceptors (Lipinski definition) is 8. The minimum atomic E-state index is -4.35. The van der Waals surface area contributed by atoms with Gasteiger partial charge < -0.3 is 20.1 Å². The summed E-state index contributed by atoms with van der Waals surface area (Å²) < 4.78 is 32.4. The zero-order chi connectivity index (χ0) is 31.2. The monoisotopic (exact) mass is 621 g/mol. The maximum Gasteiger partial charge on any atom is 0.472 e. The standard InChI is InChI=1S/C32H64NO8P/c1-3-5-7-9-11-13-14-15-16-17-19-20-22-24-31(34)38-28-30(29-40-42(36,37)39-27-26-33)41-32(35)25-23-21-18-12-10-8-6-4-2/h30H,3-29,33H2,1-2H3,(H,36,37)/t30-/m1/s1. The lowest BCUT2D eigenvalue weighted by molar-refractivity contribution is -0.161. The Bertz CT molecular complexity index is 679. The van der Waals surface area contributed by atoms with E-state index in [9.17, 15) is 19.0 Å². The molecule has 0 aliphatic rings. The normalized spacial score (nSPS) is 13.5. The van der Waals surface area contributed by atoms with Gasteiger partial charge in [0.25, 0.3) is 0 Å². The van der Waals surface area contributed by atoms with Crippen molar-refractivity contribution < 1.29 is 37.6 Å². The second kappa shape index (κ2) is 30.1. The van der Waals surface area contributed by atoms with Crippen LogP contribution in [0.1, 0.15) is 162 Å². The molecule has 0 aromatic carbocycles. The predicted octanol–water partition coefficient (Wildman–Crippen LogP) is 8.55. The van der Waals surface area contributed by atoms with Crippen molar-refractivity contribution in [3.63, 3.8) is 0 Å². The van der Waals surface area contributed by atoms with Gasteiger partial charge in [0, 0.05) is 19.4 Å². The second-order valence-electron chi connectivity index (χ2n) is 11.4. The van der Waals surface area contributed by atoms with E-state index >= 15 is 0 Å². The lowest BCUT2D eigenvalue weighted by Gasteiger charge is -2.19. The van der Waals surface area contributed by atoms with E-state index in [4.69, 9.17) is 24.3 Å². The fraction of sp³-hybridized carbons (Fsp3) is 0.938. The van der Waals surface area contributed by atoms with Gasteiger partial charge in [-0.1, -0.05) is 136 Å². The summed E-state index contributed by atoms with van der Waals surface area (Å²) in [4.78, 5) is 34.4. The molecule has 250 valence electrons. The van der Waals surface area contributed by atoms with Gasteiger partial charge in [0.2, 0.25) is 0 Å². The molecule has 3 N–H and O–H groups in total. The van der Waals surface area contributed by atoms with E-state index in [1.54, 1.807) is 0 Å². The van der Waals surface area contributed by atoms with E-state index in [0.29, 0.717) is 6.42 Å². The highest BCUT2D eigenvalue weighted by atomic mass is 31.2. The molecule has 0 fully saturated rings. The first-order valence-electron chi connectivity index (χ1n) is 17.0. The second-order valence-corrected chi connectivity index (χ2v) is 12.9. The molecule has 0 heterocycles. The van der Waals surface area contributed by atoms with Crippen LogP contribution in [-0.4, -0.2) is 49.3 Å². The zero-order valence-electron chi connectivity index (χ0n) is 27.0. The Hall–Kier alpha value is -0.990. The van der Waals surface area contributed by atoms with Crippen molar-refractivity contribution in [2.75, 3.05) is 26.4 Å². The summed E-state index contributed by atoms with van der Waals surface area (Å²) in [5.41, 5.74) is 5.31. The number of phosphoric ester groups is 1. The van der Waals surface area contributed by atoms with Crippen molar-refractivity contribution in [2.24, 2.45) is 5.73 Å². The molecule has 42 heavy (non-hydrogen) atoms. The maximum atomic E-state index is 12.4. The molecule has 0 saturated heterocycles. The van der Waals surface area contributed by atoms with Crippen LogP contribution in [0.25, 0.3) is 0 Å². The van der Waals surface area contributed by atoms with Crippen LogP contribution in [0.2, 0.25) is 0 Å². The molecule has 0 spiro atoms. The first kappa shape index (κ1) is 41.0. The molecule has 10 heteroatoms. The van der Waals surface area contributed by atoms with Crippen molar-refractivity contribution in [3.05, 3.63) is 0 Å². The van der Waals surface area contributed by atoms with Crippen LogP contribution in [-0.2, 0) is 32.7 Å². The quantitative estimate of drug-likeness (QED) is 0.0430. The van der Waals surface area contributed by atoms with Gasteiger partial charge in [0.05, 0.1) is 13.2 Å². The fourth-order valence-corrected chi connectivity index (χ4v) is 5.46. The maximum absolute atomic E-state index is 12.4. The van der Waals surface area contributed by atoms with E-state index in [1.807, 2.05) is 0 Å². The molecule has 0 aromatic heterocycles. The molecule has 2 atom stereocenters. The van der Waals surface area contributed by atoms with Crippen LogP contribution in [0, 0.1) is 0 Å². The molecular formula is C32H64NO8P. The van der Waals surface area contributed by atoms with Gasteiger partial charge in [0.15, 0.2) is 6.10 Å². The number of ether oxygens (including phenoxy) is 2. The minimum absolute atomic E-state index is 0.0573. The van der Waals surface area contributed by atoms with E-state index in [0.717, 1.165) is 38.5 Å². The summed E-state index contributed by atoms with van der Waals surface area (Å²) in [6.07, 6.45) is 24.3. The predicted molar refractivity (Wildman–Crippen MR) is 169 cm³/mol. The van der Waals surface area contributed by atoms with Crippen LogP contribution < -0.4 is 5.73 Å². The number of hydrogen-bond donors (Lipinski definition) is 2. The lowest BCUT2D eigenvalue weighted by Crippen LogP contribution is -2.29. The largest absolute Gasteiger partial charge is 0.472 e. The Labute approximate surface area is 257 Å². The average molecular weight is 622 g/mol. The van der Waals surface area contributed by atoms with Gasteiger partial charge in [-0.3, -0.25) is 18.6 Å². The SMILES string of the molecule is CCCCCCCCCCCCCCCC(=O)OC[C@H](COP(=O)(O)OCCN)OC(=O)CCCCCCCCCC. The molecule has 0 saturated carbocycles. The van der Waals surface area contributed by atoms with Crippen LogP contribution >= 0.6 is 7.82 Å². The van der Waals surface area contributed by atoms with Crippen molar-refractivity contribution in [1.82, 2.24) is 0 Å². The lowest BCUT2D eigenvalue weighted by atomic mass is 10.0. The Morgan fingerprint density at radius 1 is 0.619 bits per heavy atom. The third-order valence-electron chi connectivity index (χ3n) is 7.24. The van der Waals surface area contributed by atoms with Crippen LogP contribution in [0.3, 0.4) is 0 Å². The number of esters is 2. The van der Waals surface area contributed by atoms with E-state index < -0.39 is 26.5 Å². The first-order valence-corrected chi connectivity index (χ1v) is 18.5. The Balaban J connectivity index is 4.22. The van der Waals surface area contributed by atoms with Crippen LogP contribution in [0.15, 0.2) is 0 Å². The van der Waals surface area contributed by atoms with E-state index in [2.05, 4.69) is 13.8 Å². The van der Waals surface area contributed by atoms with Gasteiger partial charge in [-0.2, -0.15) is 0 Å². The highest BCUT2D eigenvalue weighted by Gasteiger charge is 2.25.